The minimum absolute atomic E-state index is 0.00431. The smallest absolute Gasteiger partial charge is 0.351 e. The van der Waals surface area contributed by atoms with Gasteiger partial charge in [-0.2, -0.15) is 4.98 Å². The Balaban J connectivity index is 1.63. The first-order valence-electron chi connectivity index (χ1n) is 8.19. The van der Waals surface area contributed by atoms with E-state index in [9.17, 15) is 19.8 Å². The van der Waals surface area contributed by atoms with E-state index in [1.165, 1.54) is 12.3 Å². The van der Waals surface area contributed by atoms with Crippen LogP contribution in [-0.4, -0.2) is 62.3 Å². The van der Waals surface area contributed by atoms with Crippen LogP contribution in [0.2, 0.25) is 0 Å². The van der Waals surface area contributed by atoms with Crippen LogP contribution in [0.5, 0.6) is 5.75 Å². The monoisotopic (exact) mass is 377 g/mol. The maximum Gasteiger partial charge on any atom is 0.351 e. The van der Waals surface area contributed by atoms with Gasteiger partial charge in [0.2, 0.25) is 0 Å². The van der Waals surface area contributed by atoms with Gasteiger partial charge in [-0.1, -0.05) is 18.2 Å². The fourth-order valence-electron chi connectivity index (χ4n) is 2.63. The molecule has 4 atom stereocenters. The number of amides is 1. The van der Waals surface area contributed by atoms with E-state index in [2.05, 4.69) is 10.3 Å². The molecule has 0 radical (unpaired) electrons. The van der Waals surface area contributed by atoms with Crippen LogP contribution < -0.4 is 15.7 Å². The van der Waals surface area contributed by atoms with Crippen molar-refractivity contribution in [2.75, 3.05) is 18.5 Å². The molecule has 0 aliphatic carbocycles. The van der Waals surface area contributed by atoms with Crippen molar-refractivity contribution in [3.63, 3.8) is 0 Å². The van der Waals surface area contributed by atoms with Gasteiger partial charge in [-0.25, -0.2) is 4.79 Å². The molecule has 2 aromatic rings. The van der Waals surface area contributed by atoms with E-state index >= 15 is 0 Å². The van der Waals surface area contributed by atoms with E-state index in [1.807, 2.05) is 6.07 Å². The first-order chi connectivity index (χ1) is 13.0. The molecule has 3 rings (SSSR count). The lowest BCUT2D eigenvalue weighted by Crippen LogP contribution is -2.36. The van der Waals surface area contributed by atoms with Crippen molar-refractivity contribution in [1.29, 1.82) is 0 Å². The number of aliphatic hydroxyl groups is 3. The second kappa shape index (κ2) is 8.27. The molecule has 0 saturated carbocycles. The summed E-state index contributed by atoms with van der Waals surface area (Å²) >= 11 is 0. The molecule has 1 fully saturated rings. The van der Waals surface area contributed by atoms with Gasteiger partial charge in [0.15, 0.2) is 12.8 Å². The maximum atomic E-state index is 12.2. The number of hydrogen-bond donors (Lipinski definition) is 4. The molecule has 0 spiro atoms. The molecule has 27 heavy (non-hydrogen) atoms. The molecule has 0 bridgehead atoms. The standard InChI is InChI=1S/C17H19N3O7/c21-8-11-14(23)15(24)16(27-11)20-7-6-12(19-17(20)25)18-13(22)9-26-10-4-2-1-3-5-10/h1-7,11,14-16,21,23-24H,8-9H2,(H,18,19,22,25)/t11-,14-,15-,16-/m1/s1. The molecule has 1 saturated heterocycles. The lowest BCUT2D eigenvalue weighted by atomic mass is 10.1. The second-order valence-electron chi connectivity index (χ2n) is 5.88. The Kier molecular flexibility index (Phi) is 5.81. The summed E-state index contributed by atoms with van der Waals surface area (Å²) in [5.41, 5.74) is -0.799. The number of benzene rings is 1. The van der Waals surface area contributed by atoms with Gasteiger partial charge < -0.3 is 30.1 Å². The Morgan fingerprint density at radius 1 is 1.22 bits per heavy atom. The lowest BCUT2D eigenvalue weighted by molar-refractivity contribution is -0.118. The Labute approximate surface area is 153 Å². The summed E-state index contributed by atoms with van der Waals surface area (Å²) in [6, 6.07) is 10.1. The maximum absolute atomic E-state index is 12.2. The van der Waals surface area contributed by atoms with Crippen molar-refractivity contribution >= 4 is 11.7 Å². The summed E-state index contributed by atoms with van der Waals surface area (Å²) in [5, 5.41) is 31.3. The number of aromatic nitrogens is 2. The average Bonchev–Trinajstić information content (AvgIpc) is 2.95. The van der Waals surface area contributed by atoms with Gasteiger partial charge in [-0.05, 0) is 18.2 Å². The highest BCUT2D eigenvalue weighted by atomic mass is 16.6. The fraction of sp³-hybridized carbons (Fsp3) is 0.353. The third kappa shape index (κ3) is 4.31. The molecule has 10 nitrogen and oxygen atoms in total. The van der Waals surface area contributed by atoms with Crippen molar-refractivity contribution in [1.82, 2.24) is 9.55 Å². The highest BCUT2D eigenvalue weighted by Crippen LogP contribution is 2.28. The molecule has 1 aliphatic rings. The van der Waals surface area contributed by atoms with E-state index in [-0.39, 0.29) is 12.4 Å². The number of carbonyl (C=O) groups excluding carboxylic acids is 1. The second-order valence-corrected chi connectivity index (χ2v) is 5.88. The molecule has 144 valence electrons. The minimum atomic E-state index is -1.40. The number of hydrogen-bond acceptors (Lipinski definition) is 8. The van der Waals surface area contributed by atoms with E-state index < -0.39 is 42.7 Å². The first-order valence-corrected chi connectivity index (χ1v) is 8.19. The highest BCUT2D eigenvalue weighted by Gasteiger charge is 2.43. The van der Waals surface area contributed by atoms with Crippen LogP contribution in [0, 0.1) is 0 Å². The lowest BCUT2D eigenvalue weighted by Gasteiger charge is -2.17. The van der Waals surface area contributed by atoms with Gasteiger partial charge in [0.1, 0.15) is 29.9 Å². The van der Waals surface area contributed by atoms with E-state index in [0.29, 0.717) is 5.75 Å². The number of nitrogens with one attached hydrogen (secondary N) is 1. The summed E-state index contributed by atoms with van der Waals surface area (Å²) in [5.74, 6) is 0.0291. The quantitative estimate of drug-likeness (QED) is 0.495. The average molecular weight is 377 g/mol. The summed E-state index contributed by atoms with van der Waals surface area (Å²) in [7, 11) is 0. The Morgan fingerprint density at radius 2 is 1.96 bits per heavy atom. The molecule has 1 aliphatic heterocycles. The summed E-state index contributed by atoms with van der Waals surface area (Å²) in [6.07, 6.45) is -3.67. The summed E-state index contributed by atoms with van der Waals surface area (Å²) in [6.45, 7) is -0.768. The van der Waals surface area contributed by atoms with Crippen LogP contribution in [0.1, 0.15) is 6.23 Å². The Hall–Kier alpha value is -2.79. The topological polar surface area (TPSA) is 143 Å². The highest BCUT2D eigenvalue weighted by molar-refractivity contribution is 5.90. The molecule has 1 aromatic carbocycles. The zero-order valence-electron chi connectivity index (χ0n) is 14.1. The minimum Gasteiger partial charge on any atom is -0.484 e. The molecule has 0 unspecified atom stereocenters. The van der Waals surface area contributed by atoms with Crippen LogP contribution >= 0.6 is 0 Å². The van der Waals surface area contributed by atoms with Crippen LogP contribution in [0.15, 0.2) is 47.4 Å². The predicted octanol–water partition coefficient (Wildman–Crippen LogP) is -1.13. The summed E-state index contributed by atoms with van der Waals surface area (Å²) < 4.78 is 11.5. The summed E-state index contributed by atoms with van der Waals surface area (Å²) in [4.78, 5) is 27.8. The number of aliphatic hydroxyl groups excluding tert-OH is 3. The predicted molar refractivity (Wildman–Crippen MR) is 92.1 cm³/mol. The van der Waals surface area contributed by atoms with Gasteiger partial charge >= 0.3 is 5.69 Å². The van der Waals surface area contributed by atoms with Crippen molar-refractivity contribution in [3.8, 4) is 5.75 Å². The van der Waals surface area contributed by atoms with Crippen molar-refractivity contribution in [3.05, 3.63) is 53.1 Å². The number of anilines is 1. The number of para-hydroxylation sites is 1. The van der Waals surface area contributed by atoms with Crippen LogP contribution in [-0.2, 0) is 9.53 Å². The van der Waals surface area contributed by atoms with Crippen LogP contribution in [0.3, 0.4) is 0 Å². The largest absolute Gasteiger partial charge is 0.484 e. The Bertz CT molecular complexity index is 842. The Morgan fingerprint density at radius 3 is 2.59 bits per heavy atom. The molecule has 1 aromatic heterocycles. The molecular formula is C17H19N3O7. The van der Waals surface area contributed by atoms with E-state index in [0.717, 1.165) is 4.57 Å². The SMILES string of the molecule is O=C(COc1ccccc1)Nc1ccn([C@@H]2O[C@H](CO)[C@@H](O)[C@H]2O)c(=O)n1. The molecule has 4 N–H and O–H groups in total. The zero-order valence-corrected chi connectivity index (χ0v) is 14.1. The van der Waals surface area contributed by atoms with E-state index in [1.54, 1.807) is 24.3 Å². The van der Waals surface area contributed by atoms with Gasteiger partial charge in [0, 0.05) is 6.20 Å². The molecule has 2 heterocycles. The van der Waals surface area contributed by atoms with Gasteiger partial charge in [0.25, 0.3) is 5.91 Å². The number of ether oxygens (including phenoxy) is 2. The van der Waals surface area contributed by atoms with Crippen LogP contribution in [0.4, 0.5) is 5.82 Å². The number of rotatable bonds is 6. The normalized spacial score (nSPS) is 24.6. The van der Waals surface area contributed by atoms with Gasteiger partial charge in [-0.3, -0.25) is 9.36 Å². The third-order valence-corrected chi connectivity index (χ3v) is 4.00. The zero-order chi connectivity index (χ0) is 19.4. The third-order valence-electron chi connectivity index (χ3n) is 4.00. The number of carbonyl (C=O) groups is 1. The molecule has 10 heteroatoms. The fourth-order valence-corrected chi connectivity index (χ4v) is 2.63. The van der Waals surface area contributed by atoms with Crippen LogP contribution in [0.25, 0.3) is 0 Å². The van der Waals surface area contributed by atoms with Crippen molar-refractivity contribution in [2.45, 2.75) is 24.5 Å². The molecule has 1 amide bonds. The van der Waals surface area contributed by atoms with Crippen molar-refractivity contribution in [2.24, 2.45) is 0 Å². The van der Waals surface area contributed by atoms with E-state index in [4.69, 9.17) is 14.6 Å². The van der Waals surface area contributed by atoms with Gasteiger partial charge in [0.05, 0.1) is 6.61 Å². The molecular weight excluding hydrogens is 358 g/mol. The van der Waals surface area contributed by atoms with Crippen molar-refractivity contribution < 1.29 is 29.6 Å². The van der Waals surface area contributed by atoms with Gasteiger partial charge in [-0.15, -0.1) is 0 Å². The first kappa shape index (κ1) is 19.0. The number of nitrogens with zero attached hydrogens (tertiary/aromatic N) is 2.